The highest BCUT2D eigenvalue weighted by atomic mass is 79.9. The molecular weight excluding hydrogens is 230 g/mol. The van der Waals surface area contributed by atoms with Gasteiger partial charge in [-0.25, -0.2) is 0 Å². The Balaban J connectivity index is 0.000000671. The summed E-state index contributed by atoms with van der Waals surface area (Å²) in [6.45, 7) is 5.91. The van der Waals surface area contributed by atoms with Gasteiger partial charge in [-0.05, 0) is 30.7 Å². The second-order valence-electron chi connectivity index (χ2n) is 2.38. The first-order chi connectivity index (χ1) is 6.09. The fourth-order valence-corrected chi connectivity index (χ4v) is 1.49. The van der Waals surface area contributed by atoms with E-state index in [-0.39, 0.29) is 0 Å². The van der Waals surface area contributed by atoms with Gasteiger partial charge in [-0.15, -0.1) is 0 Å². The van der Waals surface area contributed by atoms with Crippen LogP contribution in [0.4, 0.5) is 0 Å². The van der Waals surface area contributed by atoms with E-state index in [1.54, 1.807) is 12.1 Å². The molecule has 2 N–H and O–H groups in total. The molecule has 0 spiro atoms. The third-order valence-corrected chi connectivity index (χ3v) is 1.78. The van der Waals surface area contributed by atoms with Crippen molar-refractivity contribution in [1.82, 2.24) is 0 Å². The molecule has 0 aliphatic rings. The second-order valence-corrected chi connectivity index (χ2v) is 3.30. The number of primary amides is 1. The van der Waals surface area contributed by atoms with Crippen LogP contribution in [-0.4, -0.2) is 5.91 Å². The molecule has 0 aliphatic heterocycles. The molecule has 0 heterocycles. The summed E-state index contributed by atoms with van der Waals surface area (Å²) >= 11 is 3.27. The number of carbonyl (C=O) groups is 1. The summed E-state index contributed by atoms with van der Waals surface area (Å²) in [5.74, 6) is -0.394. The maximum Gasteiger partial charge on any atom is 0.248 e. The van der Waals surface area contributed by atoms with Crippen LogP contribution in [0.5, 0.6) is 0 Å². The predicted molar refractivity (Wildman–Crippen MR) is 58.7 cm³/mol. The highest BCUT2D eigenvalue weighted by Crippen LogP contribution is 2.14. The van der Waals surface area contributed by atoms with Crippen LogP contribution >= 0.6 is 15.9 Å². The van der Waals surface area contributed by atoms with Crippen LogP contribution < -0.4 is 5.73 Å². The zero-order valence-electron chi connectivity index (χ0n) is 8.10. The number of halogens is 1. The molecule has 0 atom stereocenters. The summed E-state index contributed by atoms with van der Waals surface area (Å²) < 4.78 is 0.881. The van der Waals surface area contributed by atoms with Gasteiger partial charge in [0.2, 0.25) is 5.91 Å². The summed E-state index contributed by atoms with van der Waals surface area (Å²) in [4.78, 5) is 10.7. The van der Waals surface area contributed by atoms with Crippen LogP contribution in [-0.2, 0) is 0 Å². The predicted octanol–water partition coefficient (Wildman–Crippen LogP) is 2.88. The SMILES string of the molecule is CC.Cc1cc(Br)cc(C(N)=O)c1. The molecule has 0 unspecified atom stereocenters. The van der Waals surface area contributed by atoms with Gasteiger partial charge >= 0.3 is 0 Å². The summed E-state index contributed by atoms with van der Waals surface area (Å²) in [5.41, 5.74) is 6.65. The smallest absolute Gasteiger partial charge is 0.248 e. The van der Waals surface area contributed by atoms with Crippen LogP contribution in [0.3, 0.4) is 0 Å². The number of carbonyl (C=O) groups excluding carboxylic acids is 1. The van der Waals surface area contributed by atoms with Gasteiger partial charge < -0.3 is 5.73 Å². The molecule has 0 saturated heterocycles. The fourth-order valence-electron chi connectivity index (χ4n) is 0.879. The average Bonchev–Trinajstić information content (AvgIpc) is 2.06. The van der Waals surface area contributed by atoms with Gasteiger partial charge in [0.1, 0.15) is 0 Å². The van der Waals surface area contributed by atoms with Gasteiger partial charge in [-0.1, -0.05) is 29.8 Å². The van der Waals surface area contributed by atoms with Crippen LogP contribution in [0.15, 0.2) is 22.7 Å². The molecule has 1 amide bonds. The quantitative estimate of drug-likeness (QED) is 0.810. The molecule has 0 aliphatic carbocycles. The Morgan fingerprint density at radius 2 is 1.85 bits per heavy atom. The third kappa shape index (κ3) is 4.08. The molecule has 0 saturated carbocycles. The average molecular weight is 244 g/mol. The molecule has 72 valence electrons. The minimum absolute atomic E-state index is 0.394. The lowest BCUT2D eigenvalue weighted by Gasteiger charge is -1.98. The van der Waals surface area contributed by atoms with E-state index >= 15 is 0 Å². The van der Waals surface area contributed by atoms with Crippen molar-refractivity contribution >= 4 is 21.8 Å². The lowest BCUT2D eigenvalue weighted by Crippen LogP contribution is -2.10. The van der Waals surface area contributed by atoms with Crippen molar-refractivity contribution in [2.24, 2.45) is 5.73 Å². The van der Waals surface area contributed by atoms with E-state index in [0.29, 0.717) is 5.56 Å². The number of benzene rings is 1. The van der Waals surface area contributed by atoms with Crippen LogP contribution in [0.1, 0.15) is 29.8 Å². The Bertz CT molecular complexity index is 277. The van der Waals surface area contributed by atoms with Crippen LogP contribution in [0.25, 0.3) is 0 Å². The van der Waals surface area contributed by atoms with Gasteiger partial charge in [0.05, 0.1) is 0 Å². The Morgan fingerprint density at radius 1 is 1.31 bits per heavy atom. The maximum absolute atomic E-state index is 10.7. The molecule has 13 heavy (non-hydrogen) atoms. The van der Waals surface area contributed by atoms with Gasteiger partial charge in [-0.3, -0.25) is 4.79 Å². The third-order valence-electron chi connectivity index (χ3n) is 1.33. The first-order valence-corrected chi connectivity index (χ1v) is 4.96. The normalized spacial score (nSPS) is 8.62. The van der Waals surface area contributed by atoms with Crippen molar-refractivity contribution in [3.8, 4) is 0 Å². The summed E-state index contributed by atoms with van der Waals surface area (Å²) in [6, 6.07) is 5.38. The van der Waals surface area contributed by atoms with E-state index in [9.17, 15) is 4.79 Å². The summed E-state index contributed by atoms with van der Waals surface area (Å²) in [5, 5.41) is 0. The van der Waals surface area contributed by atoms with Gasteiger partial charge in [-0.2, -0.15) is 0 Å². The van der Waals surface area contributed by atoms with Crippen molar-refractivity contribution in [3.63, 3.8) is 0 Å². The fraction of sp³-hybridized carbons (Fsp3) is 0.300. The van der Waals surface area contributed by atoms with Crippen molar-refractivity contribution in [2.75, 3.05) is 0 Å². The molecule has 0 aromatic heterocycles. The van der Waals surface area contributed by atoms with Gasteiger partial charge in [0.15, 0.2) is 0 Å². The highest BCUT2D eigenvalue weighted by Gasteiger charge is 2.00. The van der Waals surface area contributed by atoms with Gasteiger partial charge in [0.25, 0.3) is 0 Å². The summed E-state index contributed by atoms with van der Waals surface area (Å²) in [6.07, 6.45) is 0. The first-order valence-electron chi connectivity index (χ1n) is 4.16. The lowest BCUT2D eigenvalue weighted by atomic mass is 10.1. The Morgan fingerprint density at radius 3 is 2.23 bits per heavy atom. The topological polar surface area (TPSA) is 43.1 Å². The van der Waals surface area contributed by atoms with E-state index in [1.807, 2.05) is 26.8 Å². The molecule has 2 nitrogen and oxygen atoms in total. The maximum atomic E-state index is 10.7. The number of hydrogen-bond acceptors (Lipinski definition) is 1. The monoisotopic (exact) mass is 243 g/mol. The Hall–Kier alpha value is -0.830. The molecule has 0 bridgehead atoms. The molecule has 1 aromatic carbocycles. The number of nitrogens with two attached hydrogens (primary N) is 1. The zero-order valence-corrected chi connectivity index (χ0v) is 9.68. The van der Waals surface area contributed by atoms with E-state index in [2.05, 4.69) is 15.9 Å². The van der Waals surface area contributed by atoms with Crippen LogP contribution in [0, 0.1) is 6.92 Å². The molecule has 1 rings (SSSR count). The summed E-state index contributed by atoms with van der Waals surface area (Å²) in [7, 11) is 0. The van der Waals surface area contributed by atoms with Crippen LogP contribution in [0.2, 0.25) is 0 Å². The molecule has 0 radical (unpaired) electrons. The van der Waals surface area contributed by atoms with Crippen molar-refractivity contribution in [3.05, 3.63) is 33.8 Å². The van der Waals surface area contributed by atoms with Crippen molar-refractivity contribution < 1.29 is 4.79 Å². The second kappa shape index (κ2) is 5.75. The standard InChI is InChI=1S/C8H8BrNO.C2H6/c1-5-2-6(8(10)11)4-7(9)3-5;1-2/h2-4H,1H3,(H2,10,11);1-2H3. The molecule has 1 aromatic rings. The van der Waals surface area contributed by atoms with E-state index in [4.69, 9.17) is 5.73 Å². The molecule has 0 fully saturated rings. The molecule has 3 heteroatoms. The number of hydrogen-bond donors (Lipinski definition) is 1. The minimum atomic E-state index is -0.394. The van der Waals surface area contributed by atoms with Crippen molar-refractivity contribution in [2.45, 2.75) is 20.8 Å². The zero-order chi connectivity index (χ0) is 10.4. The lowest BCUT2D eigenvalue weighted by molar-refractivity contribution is 0.1000. The number of aryl methyl sites for hydroxylation is 1. The Kier molecular flexibility index (Phi) is 5.39. The Labute approximate surface area is 87.3 Å². The highest BCUT2D eigenvalue weighted by molar-refractivity contribution is 9.10. The number of amides is 1. The van der Waals surface area contributed by atoms with E-state index in [1.165, 1.54) is 0 Å². The van der Waals surface area contributed by atoms with E-state index in [0.717, 1.165) is 10.0 Å². The largest absolute Gasteiger partial charge is 0.366 e. The number of rotatable bonds is 1. The van der Waals surface area contributed by atoms with Crippen molar-refractivity contribution in [1.29, 1.82) is 0 Å². The van der Waals surface area contributed by atoms with Gasteiger partial charge in [0, 0.05) is 10.0 Å². The van der Waals surface area contributed by atoms with E-state index < -0.39 is 5.91 Å². The molecular formula is C10H14BrNO. The first kappa shape index (κ1) is 12.2. The minimum Gasteiger partial charge on any atom is -0.366 e.